The number of pyridine rings is 1. The fourth-order valence-corrected chi connectivity index (χ4v) is 5.30. The third-order valence-electron chi connectivity index (χ3n) is 8.18. The molecule has 1 aliphatic heterocycles. The van der Waals surface area contributed by atoms with E-state index < -0.39 is 22.8 Å². The molecule has 1 unspecified atom stereocenters. The van der Waals surface area contributed by atoms with Crippen LogP contribution in [0.4, 0.5) is 20.6 Å². The van der Waals surface area contributed by atoms with Gasteiger partial charge in [-0.15, -0.1) is 0 Å². The Morgan fingerprint density at radius 2 is 1.88 bits per heavy atom. The number of nitrogens with zero attached hydrogens (tertiary/aromatic N) is 4. The second kappa shape index (κ2) is 11.7. The zero-order chi connectivity index (χ0) is 31.0. The molecular formula is C32H41FN6O3. The lowest BCUT2D eigenvalue weighted by atomic mass is 9.71. The number of aromatic nitrogens is 3. The summed E-state index contributed by atoms with van der Waals surface area (Å²) in [6.07, 6.45) is 4.94. The molecule has 3 amide bonds. The highest BCUT2D eigenvalue weighted by atomic mass is 19.1. The topological polar surface area (TPSA) is 109 Å². The number of aryl methyl sites for hydroxylation is 1. The van der Waals surface area contributed by atoms with E-state index in [0.29, 0.717) is 24.1 Å². The molecule has 0 saturated carbocycles. The fourth-order valence-electron chi connectivity index (χ4n) is 5.30. The summed E-state index contributed by atoms with van der Waals surface area (Å²) in [5.74, 6) is -0.874. The minimum Gasteiger partial charge on any atom is -0.345 e. The van der Waals surface area contributed by atoms with Gasteiger partial charge < -0.3 is 15.5 Å². The maximum absolute atomic E-state index is 14.9. The number of carbonyl (C=O) groups is 3. The van der Waals surface area contributed by atoms with Crippen LogP contribution in [0.1, 0.15) is 76.1 Å². The first kappa shape index (κ1) is 30.9. The molecule has 224 valence electrons. The number of piperidine rings is 1. The van der Waals surface area contributed by atoms with Gasteiger partial charge in [0.15, 0.2) is 11.5 Å². The van der Waals surface area contributed by atoms with Gasteiger partial charge in [0.05, 0.1) is 11.2 Å². The number of urea groups is 1. The fraction of sp³-hybridized carbons (Fsp3) is 0.469. The molecule has 10 heteroatoms. The highest BCUT2D eigenvalue weighted by Crippen LogP contribution is 2.39. The van der Waals surface area contributed by atoms with E-state index in [1.807, 2.05) is 53.7 Å². The number of nitrogens with one attached hydrogen (secondary N) is 2. The second-order valence-corrected chi connectivity index (χ2v) is 12.7. The number of rotatable bonds is 7. The summed E-state index contributed by atoms with van der Waals surface area (Å²) < 4.78 is 16.5. The molecule has 42 heavy (non-hydrogen) atoms. The molecule has 3 heterocycles. The number of anilines is 2. The monoisotopic (exact) mass is 576 g/mol. The molecule has 1 atom stereocenters. The smallest absolute Gasteiger partial charge is 0.323 e. The number of hydrogen-bond acceptors (Lipinski definition) is 5. The Morgan fingerprint density at radius 3 is 2.50 bits per heavy atom. The Morgan fingerprint density at radius 1 is 1.17 bits per heavy atom. The molecule has 4 rings (SSSR count). The lowest BCUT2D eigenvalue weighted by molar-refractivity contribution is -0.146. The van der Waals surface area contributed by atoms with Gasteiger partial charge in [-0.3, -0.25) is 19.3 Å². The predicted octanol–water partition coefficient (Wildman–Crippen LogP) is 6.43. The summed E-state index contributed by atoms with van der Waals surface area (Å²) in [5.41, 5.74) is 2.21. The summed E-state index contributed by atoms with van der Waals surface area (Å²) in [6.45, 7) is 13.8. The molecule has 0 spiro atoms. The number of benzene rings is 1. The molecule has 0 bridgehead atoms. The van der Waals surface area contributed by atoms with Crippen LogP contribution in [0.15, 0.2) is 36.7 Å². The van der Waals surface area contributed by atoms with Crippen LogP contribution in [0, 0.1) is 24.1 Å². The van der Waals surface area contributed by atoms with Crippen molar-refractivity contribution in [2.24, 2.45) is 11.3 Å². The molecular weight excluding hydrogens is 535 g/mol. The van der Waals surface area contributed by atoms with Crippen LogP contribution < -0.4 is 10.6 Å². The van der Waals surface area contributed by atoms with Crippen LogP contribution in [-0.2, 0) is 16.8 Å². The Kier molecular flexibility index (Phi) is 8.57. The number of hydrogen-bond donors (Lipinski definition) is 2. The van der Waals surface area contributed by atoms with Crippen molar-refractivity contribution < 1.29 is 18.8 Å². The van der Waals surface area contributed by atoms with Crippen molar-refractivity contribution in [3.8, 4) is 11.1 Å². The Labute approximate surface area is 246 Å². The third-order valence-corrected chi connectivity index (χ3v) is 8.18. The highest BCUT2D eigenvalue weighted by molar-refractivity contribution is 6.06. The molecule has 2 aromatic heterocycles. The first-order valence-corrected chi connectivity index (χ1v) is 14.3. The first-order chi connectivity index (χ1) is 19.6. The third kappa shape index (κ3) is 6.37. The normalized spacial score (nSPS) is 16.8. The zero-order valence-corrected chi connectivity index (χ0v) is 25.8. The van der Waals surface area contributed by atoms with Crippen molar-refractivity contribution in [1.29, 1.82) is 0 Å². The van der Waals surface area contributed by atoms with Crippen LogP contribution in [0.5, 0.6) is 0 Å². The lowest BCUT2D eigenvalue weighted by Gasteiger charge is -2.41. The van der Waals surface area contributed by atoms with Crippen LogP contribution in [0.3, 0.4) is 0 Å². The van der Waals surface area contributed by atoms with Crippen LogP contribution in [0.2, 0.25) is 0 Å². The van der Waals surface area contributed by atoms with E-state index in [0.717, 1.165) is 17.7 Å². The standard InChI is InChI=1S/C32H41FN6O3/c1-9-22-11-10-20(17-34-22)24-15-23(16-25(33)19(24)2)35-30(42)36-26-18-39(31(3,4)5)37-28(26)27(40)14-21-12-13-38(8)29(41)32(21,6)7/h10-11,15-18,21H,9,12-14H2,1-8H3,(H2,35,36,42). The number of carbonyl (C=O) groups excluding carboxylic acids is 3. The number of likely N-dealkylation sites (tertiary alicyclic amines) is 1. The van der Waals surface area contributed by atoms with E-state index in [1.165, 1.54) is 6.07 Å². The molecule has 0 radical (unpaired) electrons. The van der Waals surface area contributed by atoms with Crippen LogP contribution in [0.25, 0.3) is 11.1 Å². The van der Waals surface area contributed by atoms with Gasteiger partial charge in [-0.2, -0.15) is 5.10 Å². The molecule has 1 fully saturated rings. The van der Waals surface area contributed by atoms with Crippen molar-refractivity contribution in [3.05, 3.63) is 59.4 Å². The maximum Gasteiger partial charge on any atom is 0.323 e. The lowest BCUT2D eigenvalue weighted by Crippen LogP contribution is -2.49. The van der Waals surface area contributed by atoms with Gasteiger partial charge in [-0.05, 0) is 75.8 Å². The molecule has 1 aliphatic rings. The summed E-state index contributed by atoms with van der Waals surface area (Å²) in [7, 11) is 1.77. The highest BCUT2D eigenvalue weighted by Gasteiger charge is 2.43. The quantitative estimate of drug-likeness (QED) is 0.315. The van der Waals surface area contributed by atoms with E-state index in [-0.39, 0.29) is 41.1 Å². The average Bonchev–Trinajstić information content (AvgIpc) is 3.35. The van der Waals surface area contributed by atoms with Gasteiger partial charge in [-0.1, -0.05) is 26.8 Å². The van der Waals surface area contributed by atoms with E-state index in [2.05, 4.69) is 20.7 Å². The Balaban J connectivity index is 1.58. The summed E-state index contributed by atoms with van der Waals surface area (Å²) in [4.78, 5) is 45.6. The molecule has 0 aliphatic carbocycles. The van der Waals surface area contributed by atoms with Crippen molar-refractivity contribution in [3.63, 3.8) is 0 Å². The van der Waals surface area contributed by atoms with Crippen molar-refractivity contribution in [2.45, 2.75) is 73.3 Å². The van der Waals surface area contributed by atoms with E-state index in [4.69, 9.17) is 0 Å². The van der Waals surface area contributed by atoms with Gasteiger partial charge in [0.2, 0.25) is 5.91 Å². The molecule has 1 saturated heterocycles. The van der Waals surface area contributed by atoms with Gasteiger partial charge in [-0.25, -0.2) is 9.18 Å². The maximum atomic E-state index is 14.9. The summed E-state index contributed by atoms with van der Waals surface area (Å²) in [6, 6.07) is 6.10. The van der Waals surface area contributed by atoms with E-state index in [1.54, 1.807) is 42.0 Å². The Bertz CT molecular complexity index is 1500. The number of Topliss-reactive ketones (excluding diaryl/α,β-unsaturated/α-hetero) is 1. The average molecular weight is 577 g/mol. The molecule has 2 N–H and O–H groups in total. The van der Waals surface area contributed by atoms with Gasteiger partial charge in [0.1, 0.15) is 5.82 Å². The first-order valence-electron chi connectivity index (χ1n) is 14.3. The molecule has 3 aromatic rings. The predicted molar refractivity (Wildman–Crippen MR) is 162 cm³/mol. The minimum atomic E-state index is -0.695. The summed E-state index contributed by atoms with van der Waals surface area (Å²) in [5, 5.41) is 10.00. The van der Waals surface area contributed by atoms with E-state index in [9.17, 15) is 18.8 Å². The molecule has 9 nitrogen and oxygen atoms in total. The van der Waals surface area contributed by atoms with Crippen molar-refractivity contribution >= 4 is 29.1 Å². The number of ketones is 1. The molecule has 1 aromatic carbocycles. The van der Waals surface area contributed by atoms with Gasteiger partial charge in [0.25, 0.3) is 0 Å². The zero-order valence-electron chi connectivity index (χ0n) is 25.8. The van der Waals surface area contributed by atoms with Gasteiger partial charge >= 0.3 is 6.03 Å². The van der Waals surface area contributed by atoms with Gasteiger partial charge in [0, 0.05) is 54.8 Å². The minimum absolute atomic E-state index is 0.00582. The van der Waals surface area contributed by atoms with E-state index >= 15 is 0 Å². The SMILES string of the molecule is CCc1ccc(-c2cc(NC(=O)Nc3cn(C(C)(C)C)nc3C(=O)CC3CCN(C)C(=O)C3(C)C)cc(F)c2C)cn1. The Hall–Kier alpha value is -4.08. The number of halogens is 1. The van der Waals surface area contributed by atoms with Crippen molar-refractivity contribution in [1.82, 2.24) is 19.7 Å². The number of amides is 3. The second-order valence-electron chi connectivity index (χ2n) is 12.7. The summed E-state index contributed by atoms with van der Waals surface area (Å²) >= 11 is 0. The van der Waals surface area contributed by atoms with Crippen LogP contribution >= 0.6 is 0 Å². The van der Waals surface area contributed by atoms with Crippen LogP contribution in [-0.4, -0.2) is 51.0 Å². The largest absolute Gasteiger partial charge is 0.345 e. The van der Waals surface area contributed by atoms with Crippen molar-refractivity contribution in [2.75, 3.05) is 24.2 Å².